The first-order valence-corrected chi connectivity index (χ1v) is 18.5. The Bertz CT molecular complexity index is 1480. The Balaban J connectivity index is 1.82. The van der Waals surface area contributed by atoms with Gasteiger partial charge in [0.25, 0.3) is 5.91 Å². The largest absolute Gasteiger partial charge is 0.475 e. The van der Waals surface area contributed by atoms with Gasteiger partial charge in [-0.1, -0.05) is 64.5 Å². The van der Waals surface area contributed by atoms with E-state index in [4.69, 9.17) is 9.47 Å². The van der Waals surface area contributed by atoms with Gasteiger partial charge >= 0.3 is 5.97 Å². The Morgan fingerprint density at radius 2 is 1.83 bits per heavy atom. The van der Waals surface area contributed by atoms with Crippen molar-refractivity contribution in [2.24, 2.45) is 11.8 Å². The average molecular weight is 691 g/mol. The molecule has 0 saturated carbocycles. The number of sulfone groups is 1. The molecule has 4 aliphatic heterocycles. The Morgan fingerprint density at radius 3 is 2.50 bits per heavy atom. The van der Waals surface area contributed by atoms with Gasteiger partial charge in [-0.2, -0.15) is 0 Å². The van der Waals surface area contributed by atoms with E-state index >= 15 is 0 Å². The second kappa shape index (κ2) is 15.4. The lowest BCUT2D eigenvalue weighted by atomic mass is 9.93. The predicted molar refractivity (Wildman–Crippen MR) is 178 cm³/mol. The SMILES string of the molecule is CCN(CC)CCS(=O)(=O)[C@@H]1CCN2C(=O)C3=COC4CC(=O)C[C@H](O)C=C(C)C=CCNC(=O)C=C[C@@H](C)[C@@H](C(C)C)OC(=O)[C@@]12N34. The fraction of sp³-hybridized carbons (Fsp3) is 0.647. The van der Waals surface area contributed by atoms with Crippen LogP contribution >= 0.6 is 0 Å². The number of aliphatic hydroxyl groups excluding tert-OH is 1. The number of carbonyl (C=O) groups excluding carboxylic acids is 4. The molecular formula is C34H50N4O9S. The number of ketones is 1. The van der Waals surface area contributed by atoms with Gasteiger partial charge in [-0.15, -0.1) is 0 Å². The lowest BCUT2D eigenvalue weighted by Gasteiger charge is -2.43. The fourth-order valence-electron chi connectivity index (χ4n) is 7.09. The van der Waals surface area contributed by atoms with Crippen LogP contribution in [0.4, 0.5) is 0 Å². The topological polar surface area (TPSA) is 163 Å². The highest BCUT2D eigenvalue weighted by Gasteiger charge is 2.73. The van der Waals surface area contributed by atoms with Crippen molar-refractivity contribution in [3.05, 3.63) is 47.9 Å². The molecule has 14 heteroatoms. The van der Waals surface area contributed by atoms with Crippen LogP contribution in [-0.4, -0.2) is 120 Å². The van der Waals surface area contributed by atoms with E-state index in [-0.39, 0.29) is 62.2 Å². The zero-order valence-electron chi connectivity index (χ0n) is 28.8. The first-order valence-electron chi connectivity index (χ1n) is 16.8. The van der Waals surface area contributed by atoms with E-state index in [0.717, 1.165) is 0 Å². The van der Waals surface area contributed by atoms with Gasteiger partial charge in [0.2, 0.25) is 11.6 Å². The molecule has 2 saturated heterocycles. The molecule has 0 aliphatic carbocycles. The van der Waals surface area contributed by atoms with Crippen molar-refractivity contribution in [1.82, 2.24) is 20.0 Å². The van der Waals surface area contributed by atoms with Gasteiger partial charge < -0.3 is 29.7 Å². The van der Waals surface area contributed by atoms with Gasteiger partial charge in [0, 0.05) is 32.0 Å². The van der Waals surface area contributed by atoms with Crippen LogP contribution in [0.25, 0.3) is 0 Å². The van der Waals surface area contributed by atoms with Crippen molar-refractivity contribution in [2.45, 2.75) is 90.2 Å². The molecule has 0 bridgehead atoms. The molecule has 4 rings (SSSR count). The van der Waals surface area contributed by atoms with E-state index in [2.05, 4.69) is 5.32 Å². The molecule has 266 valence electrons. The Labute approximate surface area is 283 Å². The standard InChI is InChI=1S/C34H50N4O9S/c1-7-36(8-2)16-17-48(44,45)28-13-15-37-32(42)27-21-46-30-20-26(40)19-25(39)18-23(5)10-9-14-35-29(41)12-11-24(6)31(22(3)4)47-33(43)34(28,37)38(27)30/h9-12,18,21-22,24-25,28,30-31,39H,7-8,13-17,19-20H2,1-6H3,(H,35,41)/t24-,25-,28-,30?,31-,34+/m1/s1. The minimum Gasteiger partial charge on any atom is -0.475 e. The van der Waals surface area contributed by atoms with Crippen LogP contribution in [-0.2, 0) is 38.5 Å². The second-order valence-corrected chi connectivity index (χ2v) is 15.5. The number of ether oxygens (including phenoxy) is 2. The maximum Gasteiger partial charge on any atom is 0.355 e. The summed E-state index contributed by atoms with van der Waals surface area (Å²) >= 11 is 0. The van der Waals surface area contributed by atoms with Gasteiger partial charge in [0.1, 0.15) is 29.1 Å². The van der Waals surface area contributed by atoms with E-state index in [1.54, 1.807) is 32.1 Å². The third-order valence-electron chi connectivity index (χ3n) is 9.55. The van der Waals surface area contributed by atoms with Crippen LogP contribution < -0.4 is 5.32 Å². The van der Waals surface area contributed by atoms with Crippen molar-refractivity contribution in [3.63, 3.8) is 0 Å². The number of allylic oxidation sites excluding steroid dienone is 2. The number of carbonyl (C=O) groups is 4. The number of amides is 2. The molecule has 1 unspecified atom stereocenters. The smallest absolute Gasteiger partial charge is 0.355 e. The summed E-state index contributed by atoms with van der Waals surface area (Å²) in [6.45, 7) is 12.8. The maximum absolute atomic E-state index is 14.8. The number of rotatable bonds is 7. The molecule has 1 spiro atoms. The van der Waals surface area contributed by atoms with Gasteiger partial charge in [-0.25, -0.2) is 13.2 Å². The average Bonchev–Trinajstić information content (AvgIpc) is 3.68. The van der Waals surface area contributed by atoms with Crippen LogP contribution in [0.1, 0.15) is 60.8 Å². The number of cyclic esters (lactones) is 1. The Hall–Kier alpha value is -3.49. The van der Waals surface area contributed by atoms with Crippen molar-refractivity contribution < 1.29 is 42.2 Å². The lowest BCUT2D eigenvalue weighted by Crippen LogP contribution is -2.67. The number of esters is 1. The Kier molecular flexibility index (Phi) is 12.0. The van der Waals surface area contributed by atoms with E-state index in [0.29, 0.717) is 18.7 Å². The zero-order chi connectivity index (χ0) is 35.4. The lowest BCUT2D eigenvalue weighted by molar-refractivity contribution is -0.180. The van der Waals surface area contributed by atoms with E-state index in [9.17, 15) is 32.7 Å². The summed E-state index contributed by atoms with van der Waals surface area (Å²) in [6, 6.07) is 0. The molecule has 2 amide bonds. The number of nitrogens with one attached hydrogen (secondary N) is 1. The first kappa shape index (κ1) is 37.3. The molecule has 0 aromatic heterocycles. The maximum atomic E-state index is 14.8. The molecule has 2 N–H and O–H groups in total. The number of nitrogens with zero attached hydrogens (tertiary/aromatic N) is 3. The Morgan fingerprint density at radius 1 is 1.12 bits per heavy atom. The number of Topliss-reactive ketones (excluding diaryl/α,β-unsaturated/α-hetero) is 1. The number of aliphatic hydroxyl groups is 1. The van der Waals surface area contributed by atoms with Gasteiger partial charge in [-0.05, 0) is 38.4 Å². The monoisotopic (exact) mass is 690 g/mol. The number of hydrogen-bond acceptors (Lipinski definition) is 11. The van der Waals surface area contributed by atoms with Crippen molar-refractivity contribution in [2.75, 3.05) is 38.5 Å². The summed E-state index contributed by atoms with van der Waals surface area (Å²) < 4.78 is 40.6. The normalized spacial score (nSPS) is 30.6. The molecule has 4 aliphatic rings. The summed E-state index contributed by atoms with van der Waals surface area (Å²) in [5.41, 5.74) is -1.47. The third kappa shape index (κ3) is 7.55. The highest BCUT2D eigenvalue weighted by atomic mass is 32.2. The molecule has 0 radical (unpaired) electrons. The van der Waals surface area contributed by atoms with Crippen molar-refractivity contribution >= 4 is 33.4 Å². The summed E-state index contributed by atoms with van der Waals surface area (Å²) in [7, 11) is -4.04. The fourth-order valence-corrected chi connectivity index (χ4v) is 9.19. The van der Waals surface area contributed by atoms with E-state index in [1.165, 1.54) is 28.2 Å². The molecule has 48 heavy (non-hydrogen) atoms. The van der Waals surface area contributed by atoms with Crippen LogP contribution in [0.3, 0.4) is 0 Å². The molecule has 6 atom stereocenters. The predicted octanol–water partition coefficient (Wildman–Crippen LogP) is 1.66. The minimum atomic E-state index is -4.04. The van der Waals surface area contributed by atoms with Gasteiger partial charge in [0.15, 0.2) is 16.1 Å². The highest BCUT2D eigenvalue weighted by molar-refractivity contribution is 7.92. The van der Waals surface area contributed by atoms with Crippen LogP contribution in [0.15, 0.2) is 47.9 Å². The van der Waals surface area contributed by atoms with Crippen LogP contribution in [0.5, 0.6) is 0 Å². The molecule has 0 aromatic carbocycles. The third-order valence-corrected chi connectivity index (χ3v) is 11.7. The van der Waals surface area contributed by atoms with Crippen LogP contribution in [0.2, 0.25) is 0 Å². The molecule has 4 heterocycles. The zero-order valence-corrected chi connectivity index (χ0v) is 29.6. The minimum absolute atomic E-state index is 0.00978. The molecular weight excluding hydrogens is 640 g/mol. The molecule has 0 aromatic rings. The molecule has 13 nitrogen and oxygen atoms in total. The van der Waals surface area contributed by atoms with Gasteiger partial charge in [-0.3, -0.25) is 19.3 Å². The summed E-state index contributed by atoms with van der Waals surface area (Å²) in [5, 5.41) is 12.0. The molecule has 2 fully saturated rings. The van der Waals surface area contributed by atoms with E-state index < -0.39 is 62.8 Å². The van der Waals surface area contributed by atoms with Gasteiger partial charge in [0.05, 0.1) is 18.3 Å². The summed E-state index contributed by atoms with van der Waals surface area (Å²) in [5.74, 6) is -3.26. The van der Waals surface area contributed by atoms with Crippen molar-refractivity contribution in [1.29, 1.82) is 0 Å². The second-order valence-electron chi connectivity index (χ2n) is 13.2. The quantitative estimate of drug-likeness (QED) is 0.374. The summed E-state index contributed by atoms with van der Waals surface area (Å²) in [4.78, 5) is 59.1. The first-order chi connectivity index (χ1) is 22.7. The summed E-state index contributed by atoms with van der Waals surface area (Å²) in [6.07, 6.45) is 5.40. The van der Waals surface area contributed by atoms with Crippen molar-refractivity contribution in [3.8, 4) is 0 Å². The van der Waals surface area contributed by atoms with Crippen LogP contribution in [0, 0.1) is 11.8 Å². The number of hydrogen-bond donors (Lipinski definition) is 2. The highest BCUT2D eigenvalue weighted by Crippen LogP contribution is 2.50. The van der Waals surface area contributed by atoms with E-state index in [1.807, 2.05) is 32.6 Å².